The second-order valence-corrected chi connectivity index (χ2v) is 15.7. The van der Waals surface area contributed by atoms with Crippen LogP contribution in [-0.4, -0.2) is 0 Å². The highest BCUT2D eigenvalue weighted by atomic mass is 15.1. The van der Waals surface area contributed by atoms with Crippen molar-refractivity contribution in [3.8, 4) is 22.3 Å². The molecule has 274 valence electrons. The van der Waals surface area contributed by atoms with Gasteiger partial charge in [-0.3, -0.25) is 0 Å². The van der Waals surface area contributed by atoms with Crippen LogP contribution in [0.4, 0.5) is 17.1 Å². The molecule has 9 aromatic rings. The Bertz CT molecular complexity index is 2850. The average Bonchev–Trinajstić information content (AvgIpc) is 3.77. The standard InChI is InChI=1S/C57H41N/c1-40-33-35-45(36-34-40)58(46-37-38-48-47-27-14-16-29-50(47)57(53(48)39-46,43-23-10-4-11-24-43)44-25-12-5-13-26-44)54-32-18-31-52-55(54)49-28-15-17-30-51(49)56(52,41-19-6-2-7-20-41)42-21-8-3-9-22-42/h2-39H,1H3. The zero-order chi connectivity index (χ0) is 38.7. The van der Waals surface area contributed by atoms with E-state index < -0.39 is 10.8 Å². The van der Waals surface area contributed by atoms with E-state index in [1.54, 1.807) is 0 Å². The third-order valence-electron chi connectivity index (χ3n) is 12.7. The maximum absolute atomic E-state index is 2.51. The van der Waals surface area contributed by atoms with Gasteiger partial charge in [0.2, 0.25) is 0 Å². The summed E-state index contributed by atoms with van der Waals surface area (Å²) in [6.07, 6.45) is 0. The van der Waals surface area contributed by atoms with E-state index in [0.29, 0.717) is 0 Å². The fourth-order valence-corrected chi connectivity index (χ4v) is 10.4. The summed E-state index contributed by atoms with van der Waals surface area (Å²) >= 11 is 0. The second-order valence-electron chi connectivity index (χ2n) is 15.7. The molecule has 0 aliphatic heterocycles. The summed E-state index contributed by atoms with van der Waals surface area (Å²) in [5, 5.41) is 0. The highest BCUT2D eigenvalue weighted by molar-refractivity contribution is 5.98. The predicted octanol–water partition coefficient (Wildman–Crippen LogP) is 14.2. The Morgan fingerprint density at radius 2 is 0.724 bits per heavy atom. The summed E-state index contributed by atoms with van der Waals surface area (Å²) in [7, 11) is 0. The molecule has 0 radical (unpaired) electrons. The Morgan fingerprint density at radius 1 is 0.310 bits per heavy atom. The first-order valence-corrected chi connectivity index (χ1v) is 20.3. The lowest BCUT2D eigenvalue weighted by Gasteiger charge is -2.35. The first-order chi connectivity index (χ1) is 28.7. The number of benzene rings is 9. The third-order valence-corrected chi connectivity index (χ3v) is 12.7. The second kappa shape index (κ2) is 13.5. The summed E-state index contributed by atoms with van der Waals surface area (Å²) in [6.45, 7) is 2.17. The van der Waals surface area contributed by atoms with E-state index in [-0.39, 0.29) is 0 Å². The molecule has 0 atom stereocenters. The van der Waals surface area contributed by atoms with Crippen molar-refractivity contribution in [1.82, 2.24) is 0 Å². The normalized spacial score (nSPS) is 13.9. The van der Waals surface area contributed by atoms with Crippen LogP contribution >= 0.6 is 0 Å². The smallest absolute Gasteiger partial charge is 0.0714 e. The molecule has 0 amide bonds. The first-order valence-electron chi connectivity index (χ1n) is 20.3. The molecule has 1 nitrogen and oxygen atoms in total. The van der Waals surface area contributed by atoms with Crippen LogP contribution in [0.1, 0.15) is 50.1 Å². The summed E-state index contributed by atoms with van der Waals surface area (Å²) in [5.74, 6) is 0. The number of aryl methyl sites for hydroxylation is 1. The van der Waals surface area contributed by atoms with Gasteiger partial charge < -0.3 is 4.90 Å². The quantitative estimate of drug-likeness (QED) is 0.157. The molecule has 1 heteroatoms. The third kappa shape index (κ3) is 4.83. The minimum atomic E-state index is -0.510. The van der Waals surface area contributed by atoms with Crippen LogP contribution in [-0.2, 0) is 10.8 Å². The largest absolute Gasteiger partial charge is 0.310 e. The Balaban J connectivity index is 1.22. The van der Waals surface area contributed by atoms with Crippen LogP contribution in [0, 0.1) is 6.92 Å². The van der Waals surface area contributed by atoms with Gasteiger partial charge in [0.15, 0.2) is 0 Å². The van der Waals surface area contributed by atoms with Crippen LogP contribution < -0.4 is 4.90 Å². The molecular weight excluding hydrogens is 699 g/mol. The van der Waals surface area contributed by atoms with E-state index in [9.17, 15) is 0 Å². The van der Waals surface area contributed by atoms with Gasteiger partial charge in [-0.15, -0.1) is 0 Å². The van der Waals surface area contributed by atoms with Crippen molar-refractivity contribution in [2.75, 3.05) is 4.90 Å². The fraction of sp³-hybridized carbons (Fsp3) is 0.0526. The Kier molecular flexibility index (Phi) is 7.91. The van der Waals surface area contributed by atoms with E-state index in [2.05, 4.69) is 242 Å². The predicted molar refractivity (Wildman–Crippen MR) is 240 cm³/mol. The molecule has 58 heavy (non-hydrogen) atoms. The van der Waals surface area contributed by atoms with E-state index in [4.69, 9.17) is 0 Å². The molecule has 0 saturated carbocycles. The molecule has 0 unspecified atom stereocenters. The van der Waals surface area contributed by atoms with Gasteiger partial charge in [0, 0.05) is 16.9 Å². The molecule has 0 aromatic heterocycles. The van der Waals surface area contributed by atoms with Crippen LogP contribution in [0.25, 0.3) is 22.3 Å². The van der Waals surface area contributed by atoms with Crippen molar-refractivity contribution < 1.29 is 0 Å². The Hall–Kier alpha value is -7.22. The van der Waals surface area contributed by atoms with Crippen LogP contribution in [0.3, 0.4) is 0 Å². The van der Waals surface area contributed by atoms with Gasteiger partial charge in [0.05, 0.1) is 16.5 Å². The minimum absolute atomic E-state index is 0.501. The molecule has 9 aromatic carbocycles. The topological polar surface area (TPSA) is 3.24 Å². The lowest BCUT2D eigenvalue weighted by Crippen LogP contribution is -2.29. The highest BCUT2D eigenvalue weighted by Crippen LogP contribution is 2.61. The van der Waals surface area contributed by atoms with Crippen LogP contribution in [0.15, 0.2) is 231 Å². The summed E-state index contributed by atoms with van der Waals surface area (Å²) in [6, 6.07) is 85.6. The van der Waals surface area contributed by atoms with Crippen molar-refractivity contribution in [2.24, 2.45) is 0 Å². The summed E-state index contributed by atoms with van der Waals surface area (Å²) in [4.78, 5) is 2.51. The van der Waals surface area contributed by atoms with Crippen molar-refractivity contribution in [1.29, 1.82) is 0 Å². The van der Waals surface area contributed by atoms with E-state index in [0.717, 1.165) is 17.1 Å². The molecule has 0 saturated heterocycles. The van der Waals surface area contributed by atoms with E-state index in [1.807, 2.05) is 0 Å². The number of hydrogen-bond acceptors (Lipinski definition) is 1. The number of hydrogen-bond donors (Lipinski definition) is 0. The lowest BCUT2D eigenvalue weighted by atomic mass is 9.67. The number of anilines is 3. The summed E-state index contributed by atoms with van der Waals surface area (Å²) in [5.41, 5.74) is 18.9. The monoisotopic (exact) mass is 739 g/mol. The van der Waals surface area contributed by atoms with Gasteiger partial charge in [0.1, 0.15) is 0 Å². The first kappa shape index (κ1) is 34.1. The Morgan fingerprint density at radius 3 is 1.28 bits per heavy atom. The van der Waals surface area contributed by atoms with Gasteiger partial charge in [-0.05, 0) is 98.5 Å². The minimum Gasteiger partial charge on any atom is -0.310 e. The zero-order valence-electron chi connectivity index (χ0n) is 32.4. The molecule has 0 spiro atoms. The molecule has 11 rings (SSSR count). The van der Waals surface area contributed by atoms with Crippen LogP contribution in [0.5, 0.6) is 0 Å². The molecule has 2 aliphatic carbocycles. The van der Waals surface area contributed by atoms with Crippen LogP contribution in [0.2, 0.25) is 0 Å². The molecular formula is C57H41N. The van der Waals surface area contributed by atoms with Gasteiger partial charge in [0.25, 0.3) is 0 Å². The summed E-state index contributed by atoms with van der Waals surface area (Å²) < 4.78 is 0. The van der Waals surface area contributed by atoms with E-state index >= 15 is 0 Å². The number of nitrogens with zero attached hydrogens (tertiary/aromatic N) is 1. The Labute approximate surface area is 341 Å². The lowest BCUT2D eigenvalue weighted by molar-refractivity contribution is 0.768. The van der Waals surface area contributed by atoms with Gasteiger partial charge in [-0.1, -0.05) is 206 Å². The fourth-order valence-electron chi connectivity index (χ4n) is 10.4. The average molecular weight is 740 g/mol. The maximum Gasteiger partial charge on any atom is 0.0714 e. The SMILES string of the molecule is Cc1ccc(N(c2ccc3c(c2)C(c2ccccc2)(c2ccccc2)c2ccccc2-3)c2cccc3c2-c2ccccc2C3(c2ccccc2)c2ccccc2)cc1. The van der Waals surface area contributed by atoms with Gasteiger partial charge in [-0.25, -0.2) is 0 Å². The number of rotatable bonds is 7. The van der Waals surface area contributed by atoms with Crippen molar-refractivity contribution in [2.45, 2.75) is 17.8 Å². The van der Waals surface area contributed by atoms with Gasteiger partial charge >= 0.3 is 0 Å². The zero-order valence-corrected chi connectivity index (χ0v) is 32.4. The maximum atomic E-state index is 2.51. The van der Waals surface area contributed by atoms with Crippen molar-refractivity contribution >= 4 is 17.1 Å². The molecule has 2 aliphatic rings. The highest BCUT2D eigenvalue weighted by Gasteiger charge is 2.48. The molecule has 0 bridgehead atoms. The van der Waals surface area contributed by atoms with Crippen molar-refractivity contribution in [3.63, 3.8) is 0 Å². The molecule has 0 fully saturated rings. The molecule has 0 N–H and O–H groups in total. The van der Waals surface area contributed by atoms with E-state index in [1.165, 1.54) is 72.3 Å². The molecule has 0 heterocycles. The number of fused-ring (bicyclic) bond motifs is 6. The van der Waals surface area contributed by atoms with Crippen molar-refractivity contribution in [3.05, 3.63) is 281 Å². The van der Waals surface area contributed by atoms with Gasteiger partial charge in [-0.2, -0.15) is 0 Å².